The molecule has 1 aromatic rings. The third-order valence-electron chi connectivity index (χ3n) is 2.52. The van der Waals surface area contributed by atoms with Crippen molar-refractivity contribution in [2.45, 2.75) is 13.0 Å². The third-order valence-corrected chi connectivity index (χ3v) is 2.52. The molecule has 0 aliphatic rings. The summed E-state index contributed by atoms with van der Waals surface area (Å²) in [6.45, 7) is 6.98. The molecule has 0 aromatic heterocycles. The highest BCUT2D eigenvalue weighted by atomic mass is 16.5. The van der Waals surface area contributed by atoms with Crippen LogP contribution in [0.1, 0.15) is 12.0 Å². The molecule has 0 aliphatic heterocycles. The summed E-state index contributed by atoms with van der Waals surface area (Å²) in [6, 6.07) is 7.98. The third kappa shape index (κ3) is 6.96. The van der Waals surface area contributed by atoms with Crippen LogP contribution in [-0.4, -0.2) is 38.1 Å². The summed E-state index contributed by atoms with van der Waals surface area (Å²) in [5.74, 6) is 0.895. The fourth-order valence-electron chi connectivity index (χ4n) is 1.63. The Morgan fingerprint density at radius 3 is 2.89 bits per heavy atom. The van der Waals surface area contributed by atoms with Crippen LogP contribution in [0.25, 0.3) is 0 Å². The molecule has 19 heavy (non-hydrogen) atoms. The fraction of sp³-hybridized carbons (Fsp3) is 0.467. The minimum absolute atomic E-state index is 0.0848. The maximum absolute atomic E-state index is 8.56. The Hall–Kier alpha value is -1.36. The van der Waals surface area contributed by atoms with Crippen LogP contribution in [0.5, 0.6) is 5.75 Å². The number of para-hydroxylation sites is 1. The second-order valence-corrected chi connectivity index (χ2v) is 4.07. The van der Waals surface area contributed by atoms with E-state index in [0.717, 1.165) is 30.8 Å². The van der Waals surface area contributed by atoms with E-state index in [1.54, 1.807) is 6.08 Å². The Balaban J connectivity index is 2.22. The van der Waals surface area contributed by atoms with Crippen molar-refractivity contribution < 1.29 is 14.6 Å². The molecule has 0 amide bonds. The Bertz CT molecular complexity index is 355. The summed E-state index contributed by atoms with van der Waals surface area (Å²) < 4.78 is 10.8. The minimum Gasteiger partial charge on any atom is -0.489 e. The van der Waals surface area contributed by atoms with Gasteiger partial charge in [-0.1, -0.05) is 30.9 Å². The summed E-state index contributed by atoms with van der Waals surface area (Å²) in [4.78, 5) is 0. The van der Waals surface area contributed by atoms with Gasteiger partial charge in [0.25, 0.3) is 0 Å². The van der Waals surface area contributed by atoms with Gasteiger partial charge in [-0.25, -0.2) is 0 Å². The maximum Gasteiger partial charge on any atom is 0.124 e. The number of hydrogen-bond acceptors (Lipinski definition) is 4. The second kappa shape index (κ2) is 10.6. The molecular weight excluding hydrogens is 242 g/mol. The average molecular weight is 265 g/mol. The molecule has 106 valence electrons. The van der Waals surface area contributed by atoms with Crippen LogP contribution in [-0.2, 0) is 11.3 Å². The van der Waals surface area contributed by atoms with Gasteiger partial charge in [-0.05, 0) is 19.0 Å². The zero-order chi connectivity index (χ0) is 13.8. The highest BCUT2D eigenvalue weighted by Gasteiger charge is 2.01. The number of benzene rings is 1. The van der Waals surface area contributed by atoms with Crippen LogP contribution in [0, 0.1) is 0 Å². The molecule has 0 aliphatic carbocycles. The number of aliphatic hydroxyl groups is 1. The van der Waals surface area contributed by atoms with Gasteiger partial charge in [-0.15, -0.1) is 0 Å². The number of nitrogens with one attached hydrogen (secondary N) is 1. The lowest BCUT2D eigenvalue weighted by atomic mass is 10.2. The molecule has 0 atom stereocenters. The van der Waals surface area contributed by atoms with E-state index in [-0.39, 0.29) is 6.61 Å². The maximum atomic E-state index is 8.56. The molecule has 0 saturated heterocycles. The second-order valence-electron chi connectivity index (χ2n) is 4.07. The highest BCUT2D eigenvalue weighted by molar-refractivity contribution is 5.33. The lowest BCUT2D eigenvalue weighted by molar-refractivity contribution is 0.0907. The molecule has 0 spiro atoms. The first-order valence-corrected chi connectivity index (χ1v) is 6.59. The molecule has 0 fully saturated rings. The van der Waals surface area contributed by atoms with Gasteiger partial charge >= 0.3 is 0 Å². The van der Waals surface area contributed by atoms with E-state index in [1.807, 2.05) is 24.3 Å². The van der Waals surface area contributed by atoms with Gasteiger partial charge in [-0.3, -0.25) is 0 Å². The van der Waals surface area contributed by atoms with Gasteiger partial charge in [-0.2, -0.15) is 0 Å². The predicted molar refractivity (Wildman–Crippen MR) is 76.4 cm³/mol. The van der Waals surface area contributed by atoms with Crippen molar-refractivity contribution >= 4 is 0 Å². The Kier molecular flexibility index (Phi) is 8.72. The minimum atomic E-state index is 0.0848. The van der Waals surface area contributed by atoms with E-state index in [4.69, 9.17) is 14.6 Å². The van der Waals surface area contributed by atoms with Gasteiger partial charge in [0.1, 0.15) is 12.4 Å². The first-order valence-electron chi connectivity index (χ1n) is 6.59. The lowest BCUT2D eigenvalue weighted by Crippen LogP contribution is -2.17. The van der Waals surface area contributed by atoms with E-state index >= 15 is 0 Å². The molecule has 4 heteroatoms. The number of rotatable bonds is 11. The molecule has 0 radical (unpaired) electrons. The topological polar surface area (TPSA) is 50.7 Å². The normalized spacial score (nSPS) is 10.4. The van der Waals surface area contributed by atoms with Crippen LogP contribution < -0.4 is 10.1 Å². The van der Waals surface area contributed by atoms with Gasteiger partial charge in [0.2, 0.25) is 0 Å². The van der Waals surface area contributed by atoms with Crippen LogP contribution in [0.2, 0.25) is 0 Å². The molecule has 0 bridgehead atoms. The number of ether oxygens (including phenoxy) is 2. The summed E-state index contributed by atoms with van der Waals surface area (Å²) in [5.41, 5.74) is 1.14. The van der Waals surface area contributed by atoms with Crippen molar-refractivity contribution in [2.75, 3.05) is 33.0 Å². The van der Waals surface area contributed by atoms with Crippen molar-refractivity contribution in [2.24, 2.45) is 0 Å². The lowest BCUT2D eigenvalue weighted by Gasteiger charge is -2.11. The van der Waals surface area contributed by atoms with E-state index < -0.39 is 0 Å². The Morgan fingerprint density at radius 2 is 2.11 bits per heavy atom. The quantitative estimate of drug-likeness (QED) is 0.473. The zero-order valence-corrected chi connectivity index (χ0v) is 11.3. The molecule has 2 N–H and O–H groups in total. The van der Waals surface area contributed by atoms with Gasteiger partial charge in [0.05, 0.1) is 13.2 Å². The van der Waals surface area contributed by atoms with Gasteiger partial charge in [0, 0.05) is 18.7 Å². The van der Waals surface area contributed by atoms with E-state index in [1.165, 1.54) is 0 Å². The molecule has 4 nitrogen and oxygen atoms in total. The SMILES string of the molecule is C=CCOc1ccccc1CNCCCOCCO. The predicted octanol–water partition coefficient (Wildman–Crippen LogP) is 1.74. The summed E-state index contributed by atoms with van der Waals surface area (Å²) >= 11 is 0. The molecule has 0 unspecified atom stereocenters. The van der Waals surface area contributed by atoms with Crippen molar-refractivity contribution in [1.82, 2.24) is 5.32 Å². The average Bonchev–Trinajstić information content (AvgIpc) is 2.45. The zero-order valence-electron chi connectivity index (χ0n) is 11.3. The fourth-order valence-corrected chi connectivity index (χ4v) is 1.63. The van der Waals surface area contributed by atoms with E-state index in [9.17, 15) is 0 Å². The van der Waals surface area contributed by atoms with Crippen LogP contribution >= 0.6 is 0 Å². The van der Waals surface area contributed by atoms with E-state index in [0.29, 0.717) is 19.8 Å². The number of hydrogen-bond donors (Lipinski definition) is 2. The van der Waals surface area contributed by atoms with Crippen molar-refractivity contribution in [3.8, 4) is 5.75 Å². The summed E-state index contributed by atoms with van der Waals surface area (Å²) in [5, 5.41) is 11.9. The monoisotopic (exact) mass is 265 g/mol. The van der Waals surface area contributed by atoms with Gasteiger partial charge < -0.3 is 19.9 Å². The van der Waals surface area contributed by atoms with Crippen LogP contribution in [0.4, 0.5) is 0 Å². The van der Waals surface area contributed by atoms with Crippen molar-refractivity contribution in [1.29, 1.82) is 0 Å². The van der Waals surface area contributed by atoms with Crippen LogP contribution in [0.15, 0.2) is 36.9 Å². The van der Waals surface area contributed by atoms with Gasteiger partial charge in [0.15, 0.2) is 0 Å². The summed E-state index contributed by atoms with van der Waals surface area (Å²) in [7, 11) is 0. The summed E-state index contributed by atoms with van der Waals surface area (Å²) in [6.07, 6.45) is 2.67. The van der Waals surface area contributed by atoms with E-state index in [2.05, 4.69) is 11.9 Å². The first-order chi connectivity index (χ1) is 9.38. The Labute approximate surface area is 115 Å². The highest BCUT2D eigenvalue weighted by Crippen LogP contribution is 2.17. The molecule has 0 saturated carbocycles. The molecular formula is C15H23NO3. The Morgan fingerprint density at radius 1 is 1.26 bits per heavy atom. The van der Waals surface area contributed by atoms with Crippen molar-refractivity contribution in [3.63, 3.8) is 0 Å². The molecule has 0 heterocycles. The largest absolute Gasteiger partial charge is 0.489 e. The standard InChI is InChI=1S/C15H23NO3/c1-2-10-19-15-7-4-3-6-14(15)13-16-8-5-11-18-12-9-17/h2-4,6-7,16-17H,1,5,8-13H2. The smallest absolute Gasteiger partial charge is 0.124 e. The molecule has 1 rings (SSSR count). The van der Waals surface area contributed by atoms with Crippen molar-refractivity contribution in [3.05, 3.63) is 42.5 Å². The molecule has 1 aromatic carbocycles. The first kappa shape index (κ1) is 15.7. The number of aliphatic hydroxyl groups excluding tert-OH is 1. The van der Waals surface area contributed by atoms with Crippen LogP contribution in [0.3, 0.4) is 0 Å².